The molecule has 32 heavy (non-hydrogen) atoms. The lowest BCUT2D eigenvalue weighted by Crippen LogP contribution is -2.33. The number of para-hydroxylation sites is 2. The molecule has 1 aliphatic rings. The number of piperidine rings is 1. The van der Waals surface area contributed by atoms with Crippen LogP contribution < -0.4 is 10.2 Å². The maximum Gasteiger partial charge on any atom is 0.238 e. The first-order valence-electron chi connectivity index (χ1n) is 11.5. The molecule has 4 rings (SSSR count). The van der Waals surface area contributed by atoms with Gasteiger partial charge in [-0.2, -0.15) is 5.10 Å². The molecule has 2 heterocycles. The van der Waals surface area contributed by atoms with Crippen molar-refractivity contribution >= 4 is 17.3 Å². The first-order chi connectivity index (χ1) is 15.5. The van der Waals surface area contributed by atoms with Gasteiger partial charge >= 0.3 is 0 Å². The molecule has 1 aromatic heterocycles. The smallest absolute Gasteiger partial charge is 0.238 e. The minimum absolute atomic E-state index is 0.0261. The van der Waals surface area contributed by atoms with Crippen molar-refractivity contribution in [3.8, 4) is 5.69 Å². The van der Waals surface area contributed by atoms with E-state index in [4.69, 9.17) is 0 Å². The van der Waals surface area contributed by atoms with Gasteiger partial charge in [0.05, 0.1) is 29.3 Å². The average Bonchev–Trinajstić information content (AvgIpc) is 3.09. The SMILES string of the molecule is Cc1nn(-c2ccccc2)c(C)c1NC(=O)CN(C)Cc1ccccc1N1CCCCC1. The summed E-state index contributed by atoms with van der Waals surface area (Å²) in [5.41, 5.74) is 6.10. The van der Waals surface area contributed by atoms with Gasteiger partial charge in [-0.25, -0.2) is 4.68 Å². The number of amides is 1. The van der Waals surface area contributed by atoms with Crippen molar-refractivity contribution in [3.63, 3.8) is 0 Å². The Labute approximate surface area is 190 Å². The van der Waals surface area contributed by atoms with Crippen molar-refractivity contribution < 1.29 is 4.79 Å². The fourth-order valence-corrected chi connectivity index (χ4v) is 4.50. The second kappa shape index (κ2) is 10.0. The summed E-state index contributed by atoms with van der Waals surface area (Å²) in [6, 6.07) is 18.6. The molecular weight excluding hydrogens is 398 g/mol. The highest BCUT2D eigenvalue weighted by molar-refractivity contribution is 5.93. The van der Waals surface area contributed by atoms with Crippen LogP contribution in [0.4, 0.5) is 11.4 Å². The van der Waals surface area contributed by atoms with E-state index in [-0.39, 0.29) is 5.91 Å². The number of nitrogens with one attached hydrogen (secondary N) is 1. The summed E-state index contributed by atoms with van der Waals surface area (Å²) >= 11 is 0. The van der Waals surface area contributed by atoms with Crippen LogP contribution in [-0.4, -0.2) is 47.3 Å². The van der Waals surface area contributed by atoms with Crippen LogP contribution in [0, 0.1) is 13.8 Å². The van der Waals surface area contributed by atoms with E-state index < -0.39 is 0 Å². The second-order valence-electron chi connectivity index (χ2n) is 8.69. The third-order valence-corrected chi connectivity index (χ3v) is 6.10. The van der Waals surface area contributed by atoms with Gasteiger partial charge in [0.15, 0.2) is 0 Å². The van der Waals surface area contributed by atoms with E-state index in [9.17, 15) is 4.79 Å². The Morgan fingerprint density at radius 1 is 1.00 bits per heavy atom. The molecule has 0 aliphatic carbocycles. The molecule has 0 bridgehead atoms. The number of hydrogen-bond donors (Lipinski definition) is 1. The minimum Gasteiger partial charge on any atom is -0.371 e. The predicted octanol–water partition coefficient (Wildman–Crippen LogP) is 4.55. The molecule has 6 nitrogen and oxygen atoms in total. The largest absolute Gasteiger partial charge is 0.371 e. The fraction of sp³-hybridized carbons (Fsp3) is 0.385. The highest BCUT2D eigenvalue weighted by atomic mass is 16.2. The molecular formula is C26H33N5O. The summed E-state index contributed by atoms with van der Waals surface area (Å²) in [5, 5.41) is 7.72. The zero-order chi connectivity index (χ0) is 22.5. The van der Waals surface area contributed by atoms with E-state index in [0.717, 1.165) is 42.4 Å². The van der Waals surface area contributed by atoms with Crippen molar-refractivity contribution in [3.05, 3.63) is 71.5 Å². The lowest BCUT2D eigenvalue weighted by Gasteiger charge is -2.31. The zero-order valence-corrected chi connectivity index (χ0v) is 19.3. The Balaban J connectivity index is 1.41. The number of aryl methyl sites for hydroxylation is 1. The maximum atomic E-state index is 12.8. The van der Waals surface area contributed by atoms with Gasteiger partial charge in [0.25, 0.3) is 0 Å². The van der Waals surface area contributed by atoms with Gasteiger partial charge in [-0.1, -0.05) is 36.4 Å². The summed E-state index contributed by atoms with van der Waals surface area (Å²) in [6.07, 6.45) is 3.82. The maximum absolute atomic E-state index is 12.8. The molecule has 2 aromatic carbocycles. The molecule has 0 spiro atoms. The summed E-state index contributed by atoms with van der Waals surface area (Å²) in [5.74, 6) is -0.0261. The van der Waals surface area contributed by atoms with Gasteiger partial charge in [0.1, 0.15) is 0 Å². The van der Waals surface area contributed by atoms with Crippen LogP contribution in [0.2, 0.25) is 0 Å². The Kier molecular flexibility index (Phi) is 6.90. The van der Waals surface area contributed by atoms with Crippen molar-refractivity contribution in [1.82, 2.24) is 14.7 Å². The molecule has 0 saturated carbocycles. The molecule has 1 N–H and O–H groups in total. The van der Waals surface area contributed by atoms with Gasteiger partial charge in [0.2, 0.25) is 5.91 Å². The summed E-state index contributed by atoms with van der Waals surface area (Å²) < 4.78 is 1.88. The number of rotatable bonds is 7. The average molecular weight is 432 g/mol. The summed E-state index contributed by atoms with van der Waals surface area (Å²) in [7, 11) is 2.00. The number of hydrogen-bond acceptors (Lipinski definition) is 4. The topological polar surface area (TPSA) is 53.4 Å². The lowest BCUT2D eigenvalue weighted by molar-refractivity contribution is -0.117. The first kappa shape index (κ1) is 22.1. The highest BCUT2D eigenvalue weighted by Crippen LogP contribution is 2.25. The third-order valence-electron chi connectivity index (χ3n) is 6.10. The van der Waals surface area contributed by atoms with Crippen molar-refractivity contribution in [2.45, 2.75) is 39.7 Å². The molecule has 3 aromatic rings. The molecule has 1 aliphatic heterocycles. The lowest BCUT2D eigenvalue weighted by atomic mass is 10.1. The number of likely N-dealkylation sites (N-methyl/N-ethyl adjacent to an activating group) is 1. The molecule has 6 heteroatoms. The Morgan fingerprint density at radius 3 is 2.44 bits per heavy atom. The summed E-state index contributed by atoms with van der Waals surface area (Å²) in [4.78, 5) is 17.4. The predicted molar refractivity (Wildman–Crippen MR) is 131 cm³/mol. The van der Waals surface area contributed by atoms with Gasteiger partial charge in [-0.3, -0.25) is 9.69 Å². The van der Waals surface area contributed by atoms with E-state index in [2.05, 4.69) is 44.5 Å². The number of carbonyl (C=O) groups is 1. The Bertz CT molecular complexity index is 1050. The van der Waals surface area contributed by atoms with Crippen molar-refractivity contribution in [2.24, 2.45) is 0 Å². The fourth-order valence-electron chi connectivity index (χ4n) is 4.50. The van der Waals surface area contributed by atoms with Crippen molar-refractivity contribution in [2.75, 3.05) is 36.9 Å². The van der Waals surface area contributed by atoms with Gasteiger partial charge in [-0.15, -0.1) is 0 Å². The van der Waals surface area contributed by atoms with Crippen LogP contribution in [0.15, 0.2) is 54.6 Å². The van der Waals surface area contributed by atoms with E-state index in [1.807, 2.05) is 55.9 Å². The highest BCUT2D eigenvalue weighted by Gasteiger charge is 2.18. The summed E-state index contributed by atoms with van der Waals surface area (Å²) in [6.45, 7) is 7.21. The molecule has 168 valence electrons. The van der Waals surface area contributed by atoms with Crippen LogP contribution in [0.5, 0.6) is 0 Å². The molecule has 1 saturated heterocycles. The number of benzene rings is 2. The zero-order valence-electron chi connectivity index (χ0n) is 19.3. The molecule has 0 atom stereocenters. The number of aromatic nitrogens is 2. The number of anilines is 2. The Hall–Kier alpha value is -3.12. The van der Waals surface area contributed by atoms with E-state index in [0.29, 0.717) is 6.54 Å². The van der Waals surface area contributed by atoms with Gasteiger partial charge in [-0.05, 0) is 63.9 Å². The molecule has 1 fully saturated rings. The standard InChI is InChI=1S/C26H33N5O/c1-20-26(21(2)31(28-20)23-13-6-4-7-14-23)27-25(32)19-29(3)18-22-12-8-9-15-24(22)30-16-10-5-11-17-30/h4,6-9,12-15H,5,10-11,16-19H2,1-3H3,(H,27,32). The first-order valence-corrected chi connectivity index (χ1v) is 11.5. The van der Waals surface area contributed by atoms with Crippen LogP contribution in [0.25, 0.3) is 5.69 Å². The third kappa shape index (κ3) is 5.02. The van der Waals surface area contributed by atoms with Crippen LogP contribution in [0.3, 0.4) is 0 Å². The quantitative estimate of drug-likeness (QED) is 0.596. The van der Waals surface area contributed by atoms with E-state index in [1.54, 1.807) is 0 Å². The normalized spacial score (nSPS) is 14.1. The monoisotopic (exact) mass is 431 g/mol. The number of nitrogens with zero attached hydrogens (tertiary/aromatic N) is 4. The van der Waals surface area contributed by atoms with Crippen molar-refractivity contribution in [1.29, 1.82) is 0 Å². The molecule has 1 amide bonds. The van der Waals surface area contributed by atoms with Gasteiger partial charge in [0, 0.05) is 25.3 Å². The van der Waals surface area contributed by atoms with Gasteiger partial charge < -0.3 is 10.2 Å². The Morgan fingerprint density at radius 2 is 1.69 bits per heavy atom. The van der Waals surface area contributed by atoms with Crippen LogP contribution >= 0.6 is 0 Å². The molecule has 0 radical (unpaired) electrons. The minimum atomic E-state index is -0.0261. The van der Waals surface area contributed by atoms with Crippen LogP contribution in [0.1, 0.15) is 36.2 Å². The van der Waals surface area contributed by atoms with Crippen LogP contribution in [-0.2, 0) is 11.3 Å². The number of carbonyl (C=O) groups excluding carboxylic acids is 1. The molecule has 0 unspecified atom stereocenters. The second-order valence-corrected chi connectivity index (χ2v) is 8.69. The van der Waals surface area contributed by atoms with E-state index in [1.165, 1.54) is 30.5 Å². The van der Waals surface area contributed by atoms with E-state index >= 15 is 0 Å².